The fourth-order valence-electron chi connectivity index (χ4n) is 2.71. The third-order valence-corrected chi connectivity index (χ3v) is 6.02. The van der Waals surface area contributed by atoms with Gasteiger partial charge in [-0.1, -0.05) is 12.5 Å². The molecule has 0 bridgehead atoms. The van der Waals surface area contributed by atoms with Gasteiger partial charge in [0.05, 0.1) is 11.3 Å². The summed E-state index contributed by atoms with van der Waals surface area (Å²) in [4.78, 5) is 11.2. The molecule has 0 radical (unpaired) electrons. The quantitative estimate of drug-likeness (QED) is 0.926. The Morgan fingerprint density at radius 2 is 2.00 bits per heavy atom. The van der Waals surface area contributed by atoms with E-state index in [-0.39, 0.29) is 11.3 Å². The van der Waals surface area contributed by atoms with Gasteiger partial charge in [-0.15, -0.1) is 0 Å². The highest BCUT2D eigenvalue weighted by Gasteiger charge is 2.34. The van der Waals surface area contributed by atoms with Crippen LogP contribution in [0.1, 0.15) is 36.8 Å². The zero-order valence-corrected chi connectivity index (χ0v) is 13.2. The Kier molecular flexibility index (Phi) is 4.68. The van der Waals surface area contributed by atoms with E-state index < -0.39 is 22.0 Å². The van der Waals surface area contributed by atoms with Crippen LogP contribution < -0.4 is 0 Å². The van der Waals surface area contributed by atoms with E-state index in [1.165, 1.54) is 4.31 Å². The highest BCUT2D eigenvalue weighted by Crippen LogP contribution is 2.28. The van der Waals surface area contributed by atoms with Gasteiger partial charge in [0, 0.05) is 12.6 Å². The fourth-order valence-corrected chi connectivity index (χ4v) is 4.48. The summed E-state index contributed by atoms with van der Waals surface area (Å²) in [5, 5.41) is 8.98. The number of sulfonamides is 1. The number of aryl methyl sites for hydroxylation is 2. The topological polar surface area (TPSA) is 74.7 Å². The van der Waals surface area contributed by atoms with Crippen molar-refractivity contribution in [1.29, 1.82) is 0 Å². The van der Waals surface area contributed by atoms with Crippen molar-refractivity contribution in [2.75, 3.05) is 6.54 Å². The summed E-state index contributed by atoms with van der Waals surface area (Å²) in [5.74, 6) is -0.956. The molecule has 1 aromatic carbocycles. The van der Waals surface area contributed by atoms with Crippen LogP contribution >= 0.6 is 0 Å². The summed E-state index contributed by atoms with van der Waals surface area (Å²) in [6.45, 7) is 4.20. The van der Waals surface area contributed by atoms with Gasteiger partial charge in [0.15, 0.2) is 0 Å². The standard InChI is InChI=1S/C15H21NO4S/c1-11-6-7-14(9-12(11)2)21(19,20)16-8-4-3-5-13(16)10-15(17)18/h6-7,9,13H,3-5,8,10H2,1-2H3,(H,17,18). The van der Waals surface area contributed by atoms with Gasteiger partial charge in [0.25, 0.3) is 0 Å². The molecule has 21 heavy (non-hydrogen) atoms. The zero-order chi connectivity index (χ0) is 15.6. The second kappa shape index (κ2) is 6.15. The number of piperidine rings is 1. The van der Waals surface area contributed by atoms with Crippen molar-refractivity contribution in [1.82, 2.24) is 4.31 Å². The molecular formula is C15H21NO4S. The molecule has 0 amide bonds. The summed E-state index contributed by atoms with van der Waals surface area (Å²) < 4.78 is 26.9. The van der Waals surface area contributed by atoms with Crippen LogP contribution in [0.15, 0.2) is 23.1 Å². The number of rotatable bonds is 4. The molecule has 6 heteroatoms. The molecule has 1 heterocycles. The lowest BCUT2D eigenvalue weighted by Gasteiger charge is -2.33. The molecular weight excluding hydrogens is 290 g/mol. The number of nitrogens with zero attached hydrogens (tertiary/aromatic N) is 1. The highest BCUT2D eigenvalue weighted by molar-refractivity contribution is 7.89. The van der Waals surface area contributed by atoms with Crippen molar-refractivity contribution in [3.05, 3.63) is 29.3 Å². The maximum Gasteiger partial charge on any atom is 0.304 e. The van der Waals surface area contributed by atoms with Gasteiger partial charge in [-0.2, -0.15) is 4.31 Å². The first kappa shape index (κ1) is 16.0. The lowest BCUT2D eigenvalue weighted by atomic mass is 10.0. The van der Waals surface area contributed by atoms with E-state index in [1.807, 2.05) is 13.8 Å². The van der Waals surface area contributed by atoms with Gasteiger partial charge in [-0.3, -0.25) is 4.79 Å². The Morgan fingerprint density at radius 1 is 1.29 bits per heavy atom. The number of benzene rings is 1. The highest BCUT2D eigenvalue weighted by atomic mass is 32.2. The second-order valence-electron chi connectivity index (χ2n) is 5.61. The van der Waals surface area contributed by atoms with Gasteiger partial charge in [-0.25, -0.2) is 8.42 Å². The van der Waals surface area contributed by atoms with E-state index in [0.717, 1.165) is 24.0 Å². The number of carboxylic acids is 1. The van der Waals surface area contributed by atoms with Crippen LogP contribution in [0.4, 0.5) is 0 Å². The van der Waals surface area contributed by atoms with Crippen molar-refractivity contribution < 1.29 is 18.3 Å². The molecule has 1 N–H and O–H groups in total. The van der Waals surface area contributed by atoms with E-state index in [9.17, 15) is 13.2 Å². The fraction of sp³-hybridized carbons (Fsp3) is 0.533. The molecule has 0 spiro atoms. The average Bonchev–Trinajstić information content (AvgIpc) is 2.41. The summed E-state index contributed by atoms with van der Waals surface area (Å²) >= 11 is 0. The van der Waals surface area contributed by atoms with Crippen molar-refractivity contribution >= 4 is 16.0 Å². The van der Waals surface area contributed by atoms with Crippen LogP contribution in [0.3, 0.4) is 0 Å². The Labute approximate surface area is 125 Å². The van der Waals surface area contributed by atoms with E-state index in [2.05, 4.69) is 0 Å². The Balaban J connectivity index is 2.35. The molecule has 1 aliphatic heterocycles. The van der Waals surface area contributed by atoms with Gasteiger partial charge < -0.3 is 5.11 Å². The van der Waals surface area contributed by atoms with Gasteiger partial charge in [-0.05, 0) is 49.9 Å². The minimum atomic E-state index is -3.63. The third kappa shape index (κ3) is 3.44. The molecule has 5 nitrogen and oxygen atoms in total. The zero-order valence-electron chi connectivity index (χ0n) is 12.4. The Hall–Kier alpha value is -1.40. The van der Waals surface area contributed by atoms with E-state index in [0.29, 0.717) is 13.0 Å². The molecule has 1 saturated heterocycles. The monoisotopic (exact) mass is 311 g/mol. The molecule has 0 saturated carbocycles. The summed E-state index contributed by atoms with van der Waals surface area (Å²) in [7, 11) is -3.63. The second-order valence-corrected chi connectivity index (χ2v) is 7.50. The summed E-state index contributed by atoms with van der Waals surface area (Å²) in [5.41, 5.74) is 1.96. The van der Waals surface area contributed by atoms with Crippen molar-refractivity contribution in [3.8, 4) is 0 Å². The molecule has 1 fully saturated rings. The van der Waals surface area contributed by atoms with Gasteiger partial charge in [0.1, 0.15) is 0 Å². The predicted molar refractivity (Wildman–Crippen MR) is 79.7 cm³/mol. The van der Waals surface area contributed by atoms with Crippen LogP contribution in [0.2, 0.25) is 0 Å². The first-order valence-electron chi connectivity index (χ1n) is 7.13. The Bertz CT molecular complexity index is 639. The van der Waals surface area contributed by atoms with Gasteiger partial charge >= 0.3 is 5.97 Å². The maximum absolute atomic E-state index is 12.8. The number of aliphatic carboxylic acids is 1. The molecule has 0 aromatic heterocycles. The first-order valence-corrected chi connectivity index (χ1v) is 8.57. The number of carboxylic acid groups (broad SMARTS) is 1. The maximum atomic E-state index is 12.8. The minimum absolute atomic E-state index is 0.135. The minimum Gasteiger partial charge on any atom is -0.481 e. The van der Waals surface area contributed by atoms with Crippen LogP contribution in [-0.2, 0) is 14.8 Å². The molecule has 2 rings (SSSR count). The van der Waals surface area contributed by atoms with Crippen molar-refractivity contribution in [2.24, 2.45) is 0 Å². The lowest BCUT2D eigenvalue weighted by molar-refractivity contribution is -0.138. The largest absolute Gasteiger partial charge is 0.481 e. The van der Waals surface area contributed by atoms with Crippen molar-refractivity contribution in [2.45, 2.75) is 50.5 Å². The number of carbonyl (C=O) groups is 1. The molecule has 1 aromatic rings. The third-order valence-electron chi connectivity index (χ3n) is 4.07. The lowest BCUT2D eigenvalue weighted by Crippen LogP contribution is -2.44. The summed E-state index contributed by atoms with van der Waals surface area (Å²) in [6, 6.07) is 4.61. The molecule has 1 aliphatic rings. The Morgan fingerprint density at radius 3 is 2.62 bits per heavy atom. The van der Waals surface area contributed by atoms with Crippen LogP contribution in [0.25, 0.3) is 0 Å². The van der Waals surface area contributed by atoms with E-state index in [4.69, 9.17) is 5.11 Å². The molecule has 1 unspecified atom stereocenters. The SMILES string of the molecule is Cc1ccc(S(=O)(=O)N2CCCCC2CC(=O)O)cc1C. The summed E-state index contributed by atoms with van der Waals surface area (Å²) in [6.07, 6.45) is 2.12. The molecule has 0 aliphatic carbocycles. The normalized spacial score (nSPS) is 20.4. The number of hydrogen-bond acceptors (Lipinski definition) is 3. The van der Waals surface area contributed by atoms with Gasteiger partial charge in [0.2, 0.25) is 10.0 Å². The number of hydrogen-bond donors (Lipinski definition) is 1. The van der Waals surface area contributed by atoms with Crippen LogP contribution in [0, 0.1) is 13.8 Å². The van der Waals surface area contributed by atoms with Crippen molar-refractivity contribution in [3.63, 3.8) is 0 Å². The van der Waals surface area contributed by atoms with Crippen LogP contribution in [-0.4, -0.2) is 36.4 Å². The molecule has 1 atom stereocenters. The van der Waals surface area contributed by atoms with Crippen LogP contribution in [0.5, 0.6) is 0 Å². The molecule has 116 valence electrons. The van der Waals surface area contributed by atoms with E-state index >= 15 is 0 Å². The van der Waals surface area contributed by atoms with E-state index in [1.54, 1.807) is 18.2 Å². The predicted octanol–water partition coefficient (Wildman–Crippen LogP) is 2.32. The average molecular weight is 311 g/mol. The smallest absolute Gasteiger partial charge is 0.304 e. The first-order chi connectivity index (χ1) is 9.82.